The molecule has 5 nitrogen and oxygen atoms in total. The van der Waals surface area contributed by atoms with Crippen LogP contribution in [0.2, 0.25) is 0 Å². The topological polar surface area (TPSA) is 64.0 Å². The number of hydrogen-bond donors (Lipinski definition) is 1. The summed E-state index contributed by atoms with van der Waals surface area (Å²) < 4.78 is 1.56. The van der Waals surface area contributed by atoms with Crippen molar-refractivity contribution >= 4 is 16.8 Å². The third kappa shape index (κ3) is 1.97. The zero-order valence-corrected chi connectivity index (χ0v) is 12.8. The maximum atomic E-state index is 13.0. The highest BCUT2D eigenvalue weighted by Crippen LogP contribution is 2.25. The number of carbonyl (C=O) groups excluding carboxylic acids is 1. The van der Waals surface area contributed by atoms with Crippen molar-refractivity contribution in [3.63, 3.8) is 0 Å². The molecular formula is C18H15N3O2. The Morgan fingerprint density at radius 3 is 2.74 bits per heavy atom. The minimum absolute atomic E-state index is 0.152. The van der Waals surface area contributed by atoms with Crippen LogP contribution in [0.1, 0.15) is 34.7 Å². The van der Waals surface area contributed by atoms with Crippen LogP contribution < -0.4 is 10.9 Å². The van der Waals surface area contributed by atoms with Crippen LogP contribution in [0.3, 0.4) is 0 Å². The summed E-state index contributed by atoms with van der Waals surface area (Å²) >= 11 is 0. The van der Waals surface area contributed by atoms with Crippen LogP contribution >= 0.6 is 0 Å². The lowest BCUT2D eigenvalue weighted by Gasteiger charge is -2.15. The average Bonchev–Trinajstić information content (AvgIpc) is 2.63. The number of nitrogens with zero attached hydrogens (tertiary/aromatic N) is 2. The Morgan fingerprint density at radius 2 is 1.91 bits per heavy atom. The number of fused-ring (bicyclic) bond motifs is 4. The summed E-state index contributed by atoms with van der Waals surface area (Å²) in [5, 5.41) is 3.45. The van der Waals surface area contributed by atoms with Crippen LogP contribution in [0.4, 0.5) is 0 Å². The second kappa shape index (κ2) is 4.78. The number of amides is 1. The Balaban J connectivity index is 2.20. The van der Waals surface area contributed by atoms with Gasteiger partial charge < -0.3 is 5.32 Å². The Hall–Kier alpha value is -2.95. The summed E-state index contributed by atoms with van der Waals surface area (Å²) in [4.78, 5) is 30.1. The van der Waals surface area contributed by atoms with Gasteiger partial charge in [0.05, 0.1) is 28.2 Å². The van der Waals surface area contributed by atoms with Crippen molar-refractivity contribution in [3.05, 3.63) is 69.8 Å². The van der Waals surface area contributed by atoms with Gasteiger partial charge in [-0.15, -0.1) is 0 Å². The molecule has 1 atom stereocenters. The molecule has 23 heavy (non-hydrogen) atoms. The standard InChI is InChI=1S/C18H15N3O2/c1-10-7-8-13-15(9-10)21-16(11(2)19-17(13)22)20-14-6-4-3-5-12(14)18(21)23/h3-9,11H,1-2H3,(H,19,22). The Morgan fingerprint density at radius 1 is 1.13 bits per heavy atom. The highest BCUT2D eigenvalue weighted by molar-refractivity contribution is 5.99. The summed E-state index contributed by atoms with van der Waals surface area (Å²) in [6.45, 7) is 3.77. The van der Waals surface area contributed by atoms with E-state index in [1.165, 1.54) is 0 Å². The zero-order chi connectivity index (χ0) is 16.1. The normalized spacial score (nSPS) is 16.4. The van der Waals surface area contributed by atoms with Crippen LogP contribution in [0.25, 0.3) is 16.6 Å². The van der Waals surface area contributed by atoms with Gasteiger partial charge in [-0.05, 0) is 43.7 Å². The maximum Gasteiger partial charge on any atom is 0.266 e. The fourth-order valence-electron chi connectivity index (χ4n) is 3.03. The number of benzene rings is 2. The van der Waals surface area contributed by atoms with Crippen LogP contribution in [-0.2, 0) is 0 Å². The molecule has 0 spiro atoms. The third-order valence-corrected chi connectivity index (χ3v) is 4.18. The fraction of sp³-hybridized carbons (Fsp3) is 0.167. The Labute approximate surface area is 132 Å². The van der Waals surface area contributed by atoms with Crippen LogP contribution in [-0.4, -0.2) is 15.5 Å². The van der Waals surface area contributed by atoms with E-state index in [-0.39, 0.29) is 17.5 Å². The molecule has 0 bridgehead atoms. The number of nitrogens with one attached hydrogen (secondary N) is 1. The molecule has 5 heteroatoms. The predicted octanol–water partition coefficient (Wildman–Crippen LogP) is 2.50. The maximum absolute atomic E-state index is 13.0. The van der Waals surface area contributed by atoms with E-state index < -0.39 is 0 Å². The van der Waals surface area contributed by atoms with Crippen molar-refractivity contribution in [2.24, 2.45) is 0 Å². The molecule has 1 unspecified atom stereocenters. The lowest BCUT2D eigenvalue weighted by atomic mass is 10.1. The van der Waals surface area contributed by atoms with Crippen LogP contribution in [0, 0.1) is 6.92 Å². The Kier molecular flexibility index (Phi) is 2.84. The van der Waals surface area contributed by atoms with E-state index in [4.69, 9.17) is 0 Å². The van der Waals surface area contributed by atoms with Gasteiger partial charge in [0.2, 0.25) is 0 Å². The SMILES string of the molecule is Cc1ccc2c(c1)-n1c(nc3ccccc3c1=O)C(C)NC2=O. The van der Waals surface area contributed by atoms with E-state index in [0.29, 0.717) is 28.0 Å². The van der Waals surface area contributed by atoms with E-state index in [1.807, 2.05) is 44.2 Å². The number of aromatic nitrogens is 2. The molecule has 3 aromatic rings. The largest absolute Gasteiger partial charge is 0.342 e. The Bertz CT molecular complexity index is 1020. The van der Waals surface area contributed by atoms with Gasteiger partial charge in [0, 0.05) is 0 Å². The summed E-state index contributed by atoms with van der Waals surface area (Å²) in [6.07, 6.45) is 0. The van der Waals surface area contributed by atoms with E-state index in [9.17, 15) is 9.59 Å². The first-order chi connectivity index (χ1) is 11.1. The van der Waals surface area contributed by atoms with E-state index >= 15 is 0 Å². The monoisotopic (exact) mass is 305 g/mol. The first-order valence-electron chi connectivity index (χ1n) is 7.50. The van der Waals surface area contributed by atoms with Gasteiger partial charge >= 0.3 is 0 Å². The number of aryl methyl sites for hydroxylation is 1. The van der Waals surface area contributed by atoms with Crippen molar-refractivity contribution in [2.75, 3.05) is 0 Å². The van der Waals surface area contributed by atoms with E-state index in [2.05, 4.69) is 10.3 Å². The van der Waals surface area contributed by atoms with Crippen LogP contribution in [0.5, 0.6) is 0 Å². The molecule has 0 saturated heterocycles. The number of carbonyl (C=O) groups is 1. The fourth-order valence-corrected chi connectivity index (χ4v) is 3.03. The molecular weight excluding hydrogens is 290 g/mol. The zero-order valence-electron chi connectivity index (χ0n) is 12.8. The number of hydrogen-bond acceptors (Lipinski definition) is 3. The van der Waals surface area contributed by atoms with Gasteiger partial charge in [0.1, 0.15) is 5.82 Å². The molecule has 0 radical (unpaired) electrons. The molecule has 1 aliphatic heterocycles. The van der Waals surface area contributed by atoms with Gasteiger partial charge in [0.15, 0.2) is 0 Å². The average molecular weight is 305 g/mol. The lowest BCUT2D eigenvalue weighted by Crippen LogP contribution is -2.28. The van der Waals surface area contributed by atoms with Crippen molar-refractivity contribution in [1.29, 1.82) is 0 Å². The predicted molar refractivity (Wildman–Crippen MR) is 88.0 cm³/mol. The first kappa shape index (κ1) is 13.7. The first-order valence-corrected chi connectivity index (χ1v) is 7.50. The van der Waals surface area contributed by atoms with Gasteiger partial charge in [-0.3, -0.25) is 14.2 Å². The quantitative estimate of drug-likeness (QED) is 0.694. The molecule has 0 fully saturated rings. The number of rotatable bonds is 0. The van der Waals surface area contributed by atoms with Crippen molar-refractivity contribution in [2.45, 2.75) is 19.9 Å². The van der Waals surface area contributed by atoms with E-state index in [1.54, 1.807) is 16.7 Å². The third-order valence-electron chi connectivity index (χ3n) is 4.18. The summed E-state index contributed by atoms with van der Waals surface area (Å²) in [5.74, 6) is 0.354. The van der Waals surface area contributed by atoms with Gasteiger partial charge in [-0.1, -0.05) is 18.2 Å². The second-order valence-electron chi connectivity index (χ2n) is 5.84. The highest BCUT2D eigenvalue weighted by Gasteiger charge is 2.26. The van der Waals surface area contributed by atoms with Crippen molar-refractivity contribution in [1.82, 2.24) is 14.9 Å². The molecule has 0 aliphatic carbocycles. The molecule has 1 aliphatic rings. The minimum Gasteiger partial charge on any atom is -0.342 e. The molecule has 2 aromatic carbocycles. The minimum atomic E-state index is -0.354. The van der Waals surface area contributed by atoms with Crippen molar-refractivity contribution in [3.8, 4) is 5.69 Å². The molecule has 0 saturated carbocycles. The smallest absolute Gasteiger partial charge is 0.266 e. The summed E-state index contributed by atoms with van der Waals surface area (Å²) in [7, 11) is 0. The highest BCUT2D eigenvalue weighted by atomic mass is 16.2. The molecule has 1 amide bonds. The lowest BCUT2D eigenvalue weighted by molar-refractivity contribution is 0.0941. The van der Waals surface area contributed by atoms with Gasteiger partial charge in [-0.25, -0.2) is 4.98 Å². The van der Waals surface area contributed by atoms with Crippen LogP contribution in [0.15, 0.2) is 47.3 Å². The molecule has 1 aromatic heterocycles. The second-order valence-corrected chi connectivity index (χ2v) is 5.84. The molecule has 2 heterocycles. The number of para-hydroxylation sites is 1. The molecule has 1 N–H and O–H groups in total. The van der Waals surface area contributed by atoms with Gasteiger partial charge in [0.25, 0.3) is 11.5 Å². The van der Waals surface area contributed by atoms with Gasteiger partial charge in [-0.2, -0.15) is 0 Å². The van der Waals surface area contributed by atoms with E-state index in [0.717, 1.165) is 5.56 Å². The summed E-state index contributed by atoms with van der Waals surface area (Å²) in [5.41, 5.74) is 2.55. The van der Waals surface area contributed by atoms with Crippen molar-refractivity contribution < 1.29 is 4.79 Å². The molecule has 114 valence electrons. The summed E-state index contributed by atoms with van der Waals surface area (Å²) in [6, 6.07) is 12.4. The molecule has 4 rings (SSSR count).